The van der Waals surface area contributed by atoms with E-state index in [0.29, 0.717) is 12.1 Å². The molecule has 0 aliphatic carbocycles. The van der Waals surface area contributed by atoms with Crippen LogP contribution in [0.4, 0.5) is 15.8 Å². The minimum absolute atomic E-state index is 0.0769. The molecule has 0 bridgehead atoms. The van der Waals surface area contributed by atoms with Crippen molar-refractivity contribution in [2.45, 2.75) is 25.8 Å². The van der Waals surface area contributed by atoms with Gasteiger partial charge < -0.3 is 10.6 Å². The normalized spacial score (nSPS) is 19.9. The van der Waals surface area contributed by atoms with E-state index in [2.05, 4.69) is 10.6 Å². The average Bonchev–Trinajstić information content (AvgIpc) is 2.37. The van der Waals surface area contributed by atoms with Crippen molar-refractivity contribution in [3.05, 3.63) is 24.0 Å². The van der Waals surface area contributed by atoms with E-state index in [-0.39, 0.29) is 17.6 Å². The predicted molar refractivity (Wildman–Crippen MR) is 57.3 cm³/mol. The molecule has 4 heteroatoms. The van der Waals surface area contributed by atoms with Crippen LogP contribution in [0.3, 0.4) is 0 Å². The fourth-order valence-electron chi connectivity index (χ4n) is 1.70. The van der Waals surface area contributed by atoms with Crippen LogP contribution in [0.1, 0.15) is 19.8 Å². The molecule has 1 unspecified atom stereocenters. The molecule has 1 atom stereocenters. The lowest BCUT2D eigenvalue weighted by molar-refractivity contribution is -0.116. The third-order valence-corrected chi connectivity index (χ3v) is 2.56. The van der Waals surface area contributed by atoms with Crippen molar-refractivity contribution in [3.63, 3.8) is 0 Å². The van der Waals surface area contributed by atoms with Crippen molar-refractivity contribution < 1.29 is 9.18 Å². The van der Waals surface area contributed by atoms with Gasteiger partial charge >= 0.3 is 0 Å². The summed E-state index contributed by atoms with van der Waals surface area (Å²) in [4.78, 5) is 11.4. The summed E-state index contributed by atoms with van der Waals surface area (Å²) in [5, 5.41) is 5.74. The maximum atomic E-state index is 13.4. The van der Waals surface area contributed by atoms with Crippen molar-refractivity contribution in [2.24, 2.45) is 0 Å². The van der Waals surface area contributed by atoms with E-state index >= 15 is 0 Å². The van der Waals surface area contributed by atoms with Crippen LogP contribution in [-0.2, 0) is 4.79 Å². The highest BCUT2D eigenvalue weighted by Crippen LogP contribution is 2.29. The van der Waals surface area contributed by atoms with Gasteiger partial charge in [-0.3, -0.25) is 4.79 Å². The molecular weight excluding hydrogens is 195 g/mol. The number of fused-ring (bicyclic) bond motifs is 1. The number of nitrogens with one attached hydrogen (secondary N) is 2. The number of para-hydroxylation sites is 1. The summed E-state index contributed by atoms with van der Waals surface area (Å²) in [6, 6.07) is 4.82. The van der Waals surface area contributed by atoms with Crippen molar-refractivity contribution in [1.82, 2.24) is 0 Å². The summed E-state index contributed by atoms with van der Waals surface area (Å²) in [5.41, 5.74) is 0.922. The summed E-state index contributed by atoms with van der Waals surface area (Å²) >= 11 is 0. The topological polar surface area (TPSA) is 41.1 Å². The Morgan fingerprint density at radius 3 is 3.07 bits per heavy atom. The molecule has 0 fully saturated rings. The first-order valence-electron chi connectivity index (χ1n) is 5.05. The first-order chi connectivity index (χ1) is 7.20. The van der Waals surface area contributed by atoms with Crippen LogP contribution in [0.15, 0.2) is 18.2 Å². The van der Waals surface area contributed by atoms with Gasteiger partial charge in [0.25, 0.3) is 0 Å². The standard InChI is InChI=1S/C11H13FN2O/c1-2-7-6-10(15)14-11-8(12)4-3-5-9(11)13-7/h3-5,7,13H,2,6H2,1H3,(H,14,15). The second-order valence-electron chi connectivity index (χ2n) is 3.66. The Balaban J connectivity index is 2.40. The highest BCUT2D eigenvalue weighted by molar-refractivity contribution is 5.96. The van der Waals surface area contributed by atoms with Crippen molar-refractivity contribution >= 4 is 17.3 Å². The third-order valence-electron chi connectivity index (χ3n) is 2.56. The zero-order valence-electron chi connectivity index (χ0n) is 8.51. The molecule has 15 heavy (non-hydrogen) atoms. The van der Waals surface area contributed by atoms with E-state index < -0.39 is 5.82 Å². The van der Waals surface area contributed by atoms with E-state index in [1.165, 1.54) is 6.07 Å². The highest BCUT2D eigenvalue weighted by Gasteiger charge is 2.21. The summed E-state index contributed by atoms with van der Waals surface area (Å²) in [6.45, 7) is 2.00. The summed E-state index contributed by atoms with van der Waals surface area (Å²) in [6.07, 6.45) is 1.22. The summed E-state index contributed by atoms with van der Waals surface area (Å²) in [7, 11) is 0. The molecular formula is C11H13FN2O. The van der Waals surface area contributed by atoms with Crippen LogP contribution in [0.5, 0.6) is 0 Å². The molecule has 80 valence electrons. The van der Waals surface area contributed by atoms with Crippen LogP contribution in [0, 0.1) is 5.82 Å². The third kappa shape index (κ3) is 1.93. The second kappa shape index (κ2) is 3.88. The van der Waals surface area contributed by atoms with Crippen molar-refractivity contribution in [3.8, 4) is 0 Å². The smallest absolute Gasteiger partial charge is 0.226 e. The molecule has 0 radical (unpaired) electrons. The van der Waals surface area contributed by atoms with Crippen LogP contribution < -0.4 is 10.6 Å². The lowest BCUT2D eigenvalue weighted by Crippen LogP contribution is -2.21. The predicted octanol–water partition coefficient (Wildman–Crippen LogP) is 2.36. The molecule has 1 heterocycles. The van der Waals surface area contributed by atoms with Gasteiger partial charge in [-0.05, 0) is 18.6 Å². The van der Waals surface area contributed by atoms with Gasteiger partial charge in [0, 0.05) is 12.5 Å². The zero-order chi connectivity index (χ0) is 10.8. The SMILES string of the molecule is CCC1CC(=O)Nc2c(F)cccc2N1. The number of carbonyl (C=O) groups excluding carboxylic acids is 1. The Kier molecular flexibility index (Phi) is 2.58. The van der Waals surface area contributed by atoms with Gasteiger partial charge in [-0.1, -0.05) is 13.0 Å². The van der Waals surface area contributed by atoms with Gasteiger partial charge in [-0.15, -0.1) is 0 Å². The van der Waals surface area contributed by atoms with Gasteiger partial charge in [0.1, 0.15) is 11.5 Å². The average molecular weight is 208 g/mol. The van der Waals surface area contributed by atoms with Gasteiger partial charge in [-0.2, -0.15) is 0 Å². The molecule has 1 aliphatic rings. The number of carbonyl (C=O) groups is 1. The Hall–Kier alpha value is -1.58. The second-order valence-corrected chi connectivity index (χ2v) is 3.66. The minimum atomic E-state index is -0.398. The molecule has 1 aromatic carbocycles. The van der Waals surface area contributed by atoms with Crippen molar-refractivity contribution in [1.29, 1.82) is 0 Å². The fraction of sp³-hybridized carbons (Fsp3) is 0.364. The van der Waals surface area contributed by atoms with Gasteiger partial charge in [0.05, 0.1) is 5.69 Å². The van der Waals surface area contributed by atoms with E-state index in [0.717, 1.165) is 6.42 Å². The van der Waals surface area contributed by atoms with E-state index in [4.69, 9.17) is 0 Å². The Morgan fingerprint density at radius 1 is 1.53 bits per heavy atom. The van der Waals surface area contributed by atoms with Gasteiger partial charge in [0.15, 0.2) is 0 Å². The first-order valence-corrected chi connectivity index (χ1v) is 5.05. The molecule has 0 saturated heterocycles. The lowest BCUT2D eigenvalue weighted by atomic mass is 10.1. The molecule has 2 rings (SSSR count). The highest BCUT2D eigenvalue weighted by atomic mass is 19.1. The van der Waals surface area contributed by atoms with Crippen LogP contribution in [0.25, 0.3) is 0 Å². The molecule has 1 amide bonds. The first kappa shape index (κ1) is 9.96. The van der Waals surface area contributed by atoms with Crippen LogP contribution >= 0.6 is 0 Å². The quantitative estimate of drug-likeness (QED) is 0.743. The number of hydrogen-bond donors (Lipinski definition) is 2. The maximum Gasteiger partial charge on any atom is 0.226 e. The van der Waals surface area contributed by atoms with E-state index in [9.17, 15) is 9.18 Å². The molecule has 0 saturated carbocycles. The Morgan fingerprint density at radius 2 is 2.33 bits per heavy atom. The number of benzene rings is 1. The Bertz CT molecular complexity index is 392. The molecule has 1 aromatic rings. The van der Waals surface area contributed by atoms with Crippen LogP contribution in [0.2, 0.25) is 0 Å². The lowest BCUT2D eigenvalue weighted by Gasteiger charge is -2.14. The van der Waals surface area contributed by atoms with Gasteiger partial charge in [0.2, 0.25) is 5.91 Å². The molecule has 1 aliphatic heterocycles. The van der Waals surface area contributed by atoms with E-state index in [1.54, 1.807) is 12.1 Å². The summed E-state index contributed by atoms with van der Waals surface area (Å²) < 4.78 is 13.4. The molecule has 2 N–H and O–H groups in total. The molecule has 0 spiro atoms. The largest absolute Gasteiger partial charge is 0.380 e. The maximum absolute atomic E-state index is 13.4. The monoisotopic (exact) mass is 208 g/mol. The molecule has 0 aromatic heterocycles. The number of anilines is 2. The summed E-state index contributed by atoms with van der Waals surface area (Å²) in [5.74, 6) is -0.539. The van der Waals surface area contributed by atoms with Gasteiger partial charge in [-0.25, -0.2) is 4.39 Å². The minimum Gasteiger partial charge on any atom is -0.380 e. The zero-order valence-corrected chi connectivity index (χ0v) is 8.51. The Labute approximate surface area is 87.7 Å². The fourth-order valence-corrected chi connectivity index (χ4v) is 1.70. The number of halogens is 1. The van der Waals surface area contributed by atoms with E-state index in [1.807, 2.05) is 6.92 Å². The van der Waals surface area contributed by atoms with Crippen molar-refractivity contribution in [2.75, 3.05) is 10.6 Å². The van der Waals surface area contributed by atoms with Crippen LogP contribution in [-0.4, -0.2) is 11.9 Å². The number of rotatable bonds is 1. The number of amides is 1. The molecule has 3 nitrogen and oxygen atoms in total. The number of hydrogen-bond acceptors (Lipinski definition) is 2.